The van der Waals surface area contributed by atoms with Crippen molar-refractivity contribution in [2.24, 2.45) is 0 Å². The highest BCUT2D eigenvalue weighted by Gasteiger charge is 1.88. The van der Waals surface area contributed by atoms with Crippen LogP contribution in [0.25, 0.3) is 0 Å². The van der Waals surface area contributed by atoms with E-state index < -0.39 is 0 Å². The highest BCUT2D eigenvalue weighted by molar-refractivity contribution is 5.99. The van der Waals surface area contributed by atoms with Gasteiger partial charge in [0.2, 0.25) is 0 Å². The number of ketones is 1. The highest BCUT2D eigenvalue weighted by Crippen LogP contribution is 2.01. The first kappa shape index (κ1) is 15.2. The van der Waals surface area contributed by atoms with Gasteiger partial charge < -0.3 is 0 Å². The number of hydrogen-bond donors (Lipinski definition) is 0. The van der Waals surface area contributed by atoms with Gasteiger partial charge in [0.15, 0.2) is 5.78 Å². The van der Waals surface area contributed by atoms with E-state index in [-0.39, 0.29) is 5.78 Å². The smallest absolute Gasteiger partial charge is 0.177 e. The monoisotopic (exact) mass is 222 g/mol. The Hall–Kier alpha value is -0.850. The van der Waals surface area contributed by atoms with Crippen molar-refractivity contribution in [1.29, 1.82) is 0 Å². The van der Waals surface area contributed by atoms with E-state index in [2.05, 4.69) is 13.8 Å². The Morgan fingerprint density at radius 1 is 0.812 bits per heavy atom. The average molecular weight is 222 g/mol. The standard InChI is InChI=1S/C15H26O/c1-3-5-7-9-11-13-15(16)14-12-10-8-6-4-2/h11-14H,3-10H2,1-2H3/b13-11-,14-12+. The predicted molar refractivity (Wildman–Crippen MR) is 71.6 cm³/mol. The van der Waals surface area contributed by atoms with Crippen LogP contribution >= 0.6 is 0 Å². The van der Waals surface area contributed by atoms with Gasteiger partial charge in [-0.15, -0.1) is 0 Å². The van der Waals surface area contributed by atoms with Crippen molar-refractivity contribution in [2.45, 2.75) is 65.2 Å². The Balaban J connectivity index is 3.48. The van der Waals surface area contributed by atoms with Crippen LogP contribution in [0.3, 0.4) is 0 Å². The quantitative estimate of drug-likeness (QED) is 0.382. The van der Waals surface area contributed by atoms with Gasteiger partial charge in [-0.25, -0.2) is 0 Å². The van der Waals surface area contributed by atoms with E-state index in [1.54, 1.807) is 12.2 Å². The van der Waals surface area contributed by atoms with Crippen LogP contribution in [-0.2, 0) is 4.79 Å². The zero-order valence-corrected chi connectivity index (χ0v) is 10.9. The molecule has 0 heterocycles. The average Bonchev–Trinajstić information content (AvgIpc) is 2.28. The van der Waals surface area contributed by atoms with E-state index in [0.29, 0.717) is 0 Å². The molecule has 0 aliphatic rings. The van der Waals surface area contributed by atoms with Gasteiger partial charge in [-0.2, -0.15) is 0 Å². The van der Waals surface area contributed by atoms with E-state index in [4.69, 9.17) is 0 Å². The Morgan fingerprint density at radius 2 is 1.25 bits per heavy atom. The second-order valence-corrected chi connectivity index (χ2v) is 4.20. The number of allylic oxidation sites excluding steroid dienone is 4. The lowest BCUT2D eigenvalue weighted by Gasteiger charge is -1.91. The Bertz CT molecular complexity index is 191. The third-order valence-corrected chi connectivity index (χ3v) is 2.51. The molecule has 1 nitrogen and oxygen atoms in total. The molecular weight excluding hydrogens is 196 g/mol. The van der Waals surface area contributed by atoms with E-state index >= 15 is 0 Å². The number of carbonyl (C=O) groups excluding carboxylic acids is 1. The lowest BCUT2D eigenvalue weighted by molar-refractivity contribution is -0.110. The van der Waals surface area contributed by atoms with Crippen molar-refractivity contribution in [2.75, 3.05) is 0 Å². The van der Waals surface area contributed by atoms with E-state index in [0.717, 1.165) is 12.8 Å². The molecule has 0 aromatic carbocycles. The number of carbonyl (C=O) groups is 1. The number of rotatable bonds is 10. The molecule has 0 aliphatic heterocycles. The number of unbranched alkanes of at least 4 members (excludes halogenated alkanes) is 6. The van der Waals surface area contributed by atoms with Gasteiger partial charge in [0.25, 0.3) is 0 Å². The first-order chi connectivity index (χ1) is 7.81. The van der Waals surface area contributed by atoms with E-state index in [1.165, 1.54) is 38.5 Å². The molecule has 0 rings (SSSR count). The minimum atomic E-state index is 0.132. The molecule has 0 amide bonds. The van der Waals surface area contributed by atoms with Gasteiger partial charge in [0.05, 0.1) is 0 Å². The lowest BCUT2D eigenvalue weighted by atomic mass is 10.1. The third kappa shape index (κ3) is 11.2. The lowest BCUT2D eigenvalue weighted by Crippen LogP contribution is -1.85. The molecule has 0 atom stereocenters. The molecule has 0 spiro atoms. The van der Waals surface area contributed by atoms with Crippen LogP contribution in [0.15, 0.2) is 24.3 Å². The summed E-state index contributed by atoms with van der Waals surface area (Å²) in [7, 11) is 0. The van der Waals surface area contributed by atoms with Gasteiger partial charge in [-0.05, 0) is 37.8 Å². The molecule has 0 saturated carbocycles. The maximum Gasteiger partial charge on any atom is 0.177 e. The van der Waals surface area contributed by atoms with Crippen molar-refractivity contribution in [3.05, 3.63) is 24.3 Å². The summed E-state index contributed by atoms with van der Waals surface area (Å²) in [5.74, 6) is 0.132. The summed E-state index contributed by atoms with van der Waals surface area (Å²) in [6.07, 6.45) is 16.8. The molecule has 0 aromatic rings. The molecular formula is C15H26O. The molecule has 0 aliphatic carbocycles. The summed E-state index contributed by atoms with van der Waals surface area (Å²) in [6.45, 7) is 4.38. The van der Waals surface area contributed by atoms with Gasteiger partial charge >= 0.3 is 0 Å². The van der Waals surface area contributed by atoms with Gasteiger partial charge in [0.1, 0.15) is 0 Å². The normalized spacial score (nSPS) is 11.6. The summed E-state index contributed by atoms with van der Waals surface area (Å²) in [5, 5.41) is 0. The van der Waals surface area contributed by atoms with Crippen molar-refractivity contribution in [3.8, 4) is 0 Å². The van der Waals surface area contributed by atoms with Gasteiger partial charge in [0, 0.05) is 0 Å². The SMILES string of the molecule is CCCCC/C=C\C(=O)/C=C/CCCCC. The van der Waals surface area contributed by atoms with Gasteiger partial charge in [-0.1, -0.05) is 51.7 Å². The molecule has 0 fully saturated rings. The fraction of sp³-hybridized carbons (Fsp3) is 0.667. The van der Waals surface area contributed by atoms with Gasteiger partial charge in [-0.3, -0.25) is 4.79 Å². The maximum absolute atomic E-state index is 11.3. The molecule has 1 heteroatoms. The van der Waals surface area contributed by atoms with Crippen LogP contribution < -0.4 is 0 Å². The Labute approximate surface area is 101 Å². The summed E-state index contributed by atoms with van der Waals surface area (Å²) in [4.78, 5) is 11.3. The molecule has 0 aromatic heterocycles. The van der Waals surface area contributed by atoms with Crippen molar-refractivity contribution < 1.29 is 4.79 Å². The summed E-state index contributed by atoms with van der Waals surface area (Å²) in [5.41, 5.74) is 0. The summed E-state index contributed by atoms with van der Waals surface area (Å²) in [6, 6.07) is 0. The zero-order valence-electron chi connectivity index (χ0n) is 10.9. The van der Waals surface area contributed by atoms with Crippen LogP contribution in [0.2, 0.25) is 0 Å². The minimum absolute atomic E-state index is 0.132. The topological polar surface area (TPSA) is 17.1 Å². The van der Waals surface area contributed by atoms with E-state index in [1.807, 2.05) is 12.2 Å². The molecule has 0 saturated heterocycles. The van der Waals surface area contributed by atoms with Crippen LogP contribution in [0.5, 0.6) is 0 Å². The Morgan fingerprint density at radius 3 is 1.62 bits per heavy atom. The van der Waals surface area contributed by atoms with E-state index in [9.17, 15) is 4.79 Å². The van der Waals surface area contributed by atoms with Crippen LogP contribution in [0, 0.1) is 0 Å². The summed E-state index contributed by atoms with van der Waals surface area (Å²) < 4.78 is 0. The second-order valence-electron chi connectivity index (χ2n) is 4.20. The highest BCUT2D eigenvalue weighted by atomic mass is 16.1. The van der Waals surface area contributed by atoms with Crippen molar-refractivity contribution in [1.82, 2.24) is 0 Å². The first-order valence-electron chi connectivity index (χ1n) is 6.68. The second kappa shape index (κ2) is 12.2. The van der Waals surface area contributed by atoms with Crippen molar-refractivity contribution >= 4 is 5.78 Å². The Kier molecular flexibility index (Phi) is 11.6. The minimum Gasteiger partial charge on any atom is -0.290 e. The maximum atomic E-state index is 11.3. The molecule has 0 unspecified atom stereocenters. The molecule has 0 bridgehead atoms. The van der Waals surface area contributed by atoms with Crippen LogP contribution in [0.1, 0.15) is 65.2 Å². The summed E-state index contributed by atoms with van der Waals surface area (Å²) >= 11 is 0. The molecule has 0 N–H and O–H groups in total. The third-order valence-electron chi connectivity index (χ3n) is 2.51. The molecule has 16 heavy (non-hydrogen) atoms. The van der Waals surface area contributed by atoms with Crippen LogP contribution in [0.4, 0.5) is 0 Å². The fourth-order valence-electron chi connectivity index (χ4n) is 1.48. The molecule has 92 valence electrons. The zero-order chi connectivity index (χ0) is 12.1. The largest absolute Gasteiger partial charge is 0.290 e. The first-order valence-corrected chi connectivity index (χ1v) is 6.68. The fourth-order valence-corrected chi connectivity index (χ4v) is 1.48. The number of hydrogen-bond acceptors (Lipinski definition) is 1. The predicted octanol–water partition coefficient (Wildman–Crippen LogP) is 4.83. The van der Waals surface area contributed by atoms with Crippen molar-refractivity contribution in [3.63, 3.8) is 0 Å². The van der Waals surface area contributed by atoms with Crippen LogP contribution in [-0.4, -0.2) is 5.78 Å². The molecule has 0 radical (unpaired) electrons.